The molecule has 2 heterocycles. The predicted octanol–water partition coefficient (Wildman–Crippen LogP) is 3.00. The Morgan fingerprint density at radius 3 is 2.51 bits per heavy atom. The number of hydrogen-bond acceptors (Lipinski definition) is 7. The zero-order valence-corrected chi connectivity index (χ0v) is 21.0. The van der Waals surface area contributed by atoms with E-state index in [4.69, 9.17) is 4.74 Å². The molecule has 0 aromatic heterocycles. The van der Waals surface area contributed by atoms with Crippen LogP contribution in [0.25, 0.3) is 0 Å². The van der Waals surface area contributed by atoms with Crippen LogP contribution in [-0.4, -0.2) is 65.2 Å². The maximum Gasteiger partial charge on any atom is 0.262 e. The number of piperidine rings is 1. The van der Waals surface area contributed by atoms with Crippen LogP contribution in [0.15, 0.2) is 42.5 Å². The van der Waals surface area contributed by atoms with E-state index < -0.39 is 23.5 Å². The van der Waals surface area contributed by atoms with Crippen molar-refractivity contribution in [3.8, 4) is 17.6 Å². The number of carbonyl (C=O) groups excluding carboxylic acids is 4. The van der Waals surface area contributed by atoms with Gasteiger partial charge in [-0.05, 0) is 69.5 Å². The second-order valence-electron chi connectivity index (χ2n) is 9.77. The van der Waals surface area contributed by atoms with Gasteiger partial charge in [0.1, 0.15) is 18.3 Å². The van der Waals surface area contributed by atoms with E-state index in [1.165, 1.54) is 12.1 Å². The molecule has 192 valence electrons. The Morgan fingerprint density at radius 2 is 1.81 bits per heavy atom. The molecule has 4 rings (SSSR count). The molecule has 37 heavy (non-hydrogen) atoms. The minimum Gasteiger partial charge on any atom is -0.475 e. The van der Waals surface area contributed by atoms with Gasteiger partial charge in [0.15, 0.2) is 5.60 Å². The van der Waals surface area contributed by atoms with E-state index in [0.29, 0.717) is 18.3 Å². The fourth-order valence-corrected chi connectivity index (χ4v) is 4.55. The average Bonchev–Trinajstić information content (AvgIpc) is 3.13. The number of aliphatic hydroxyl groups excluding tert-OH is 1. The Labute approximate surface area is 216 Å². The van der Waals surface area contributed by atoms with Gasteiger partial charge in [-0.3, -0.25) is 14.5 Å². The van der Waals surface area contributed by atoms with Gasteiger partial charge < -0.3 is 24.3 Å². The first-order valence-electron chi connectivity index (χ1n) is 12.4. The standard InChI is InChI=1S/C29H30N2O6/c1-29(2,13-10-20-5-3-6-21(17-20)30-14-11-23(34)12-15-30)37-24-8-9-25-26(18-24)28(36)31(27(25)35)22(19-33)7-4-16-32/h3,5-6,8-9,16-19,22-23,34H,4,7,11-12,14-15H2,1-2H3. The van der Waals surface area contributed by atoms with E-state index in [0.717, 1.165) is 42.1 Å². The van der Waals surface area contributed by atoms with Crippen LogP contribution in [0.2, 0.25) is 0 Å². The van der Waals surface area contributed by atoms with Crippen LogP contribution >= 0.6 is 0 Å². The molecule has 2 amide bonds. The molecule has 8 heteroatoms. The van der Waals surface area contributed by atoms with Gasteiger partial charge in [0.05, 0.1) is 23.3 Å². The molecule has 1 saturated heterocycles. The summed E-state index contributed by atoms with van der Waals surface area (Å²) in [5.41, 5.74) is 1.34. The number of aldehydes is 2. The van der Waals surface area contributed by atoms with E-state index in [-0.39, 0.29) is 30.1 Å². The number of benzene rings is 2. The maximum atomic E-state index is 12.9. The highest BCUT2D eigenvalue weighted by Gasteiger charge is 2.40. The number of imide groups is 1. The normalized spacial score (nSPS) is 16.6. The van der Waals surface area contributed by atoms with Crippen LogP contribution in [-0.2, 0) is 9.59 Å². The van der Waals surface area contributed by atoms with Gasteiger partial charge in [0.25, 0.3) is 11.8 Å². The van der Waals surface area contributed by atoms with Crippen molar-refractivity contribution < 1.29 is 29.0 Å². The zero-order valence-electron chi connectivity index (χ0n) is 21.0. The SMILES string of the molecule is CC(C)(C#Cc1cccc(N2CCC(O)CC2)c1)Oc1ccc2c(c1)C(=O)N(C(C=O)CCC=O)C2=O. The molecule has 2 aliphatic rings. The van der Waals surface area contributed by atoms with E-state index >= 15 is 0 Å². The van der Waals surface area contributed by atoms with Crippen LogP contribution in [0.1, 0.15) is 65.8 Å². The van der Waals surface area contributed by atoms with Gasteiger partial charge in [-0.15, -0.1) is 0 Å². The fourth-order valence-electron chi connectivity index (χ4n) is 4.55. The van der Waals surface area contributed by atoms with Crippen molar-refractivity contribution in [2.75, 3.05) is 18.0 Å². The summed E-state index contributed by atoms with van der Waals surface area (Å²) in [7, 11) is 0. The molecule has 2 aromatic carbocycles. The van der Waals surface area contributed by atoms with Crippen molar-refractivity contribution in [3.05, 3.63) is 59.2 Å². The van der Waals surface area contributed by atoms with Crippen LogP contribution in [0.4, 0.5) is 5.69 Å². The summed E-state index contributed by atoms with van der Waals surface area (Å²) >= 11 is 0. The molecule has 1 unspecified atom stereocenters. The number of rotatable bonds is 8. The van der Waals surface area contributed by atoms with Gasteiger partial charge in [0, 0.05) is 30.8 Å². The quantitative estimate of drug-likeness (QED) is 0.336. The second-order valence-corrected chi connectivity index (χ2v) is 9.77. The summed E-state index contributed by atoms with van der Waals surface area (Å²) in [6.45, 7) is 5.22. The number of hydrogen-bond donors (Lipinski definition) is 1. The largest absolute Gasteiger partial charge is 0.475 e. The first-order chi connectivity index (χ1) is 17.7. The monoisotopic (exact) mass is 502 g/mol. The van der Waals surface area contributed by atoms with Gasteiger partial charge in [-0.2, -0.15) is 0 Å². The fraction of sp³-hybridized carbons (Fsp3) is 0.379. The first kappa shape index (κ1) is 26.1. The molecule has 0 radical (unpaired) electrons. The molecular formula is C29H30N2O6. The van der Waals surface area contributed by atoms with Crippen LogP contribution < -0.4 is 9.64 Å². The van der Waals surface area contributed by atoms with E-state index in [2.05, 4.69) is 16.7 Å². The maximum absolute atomic E-state index is 12.9. The Hall–Kier alpha value is -3.96. The predicted molar refractivity (Wildman–Crippen MR) is 138 cm³/mol. The third-order valence-electron chi connectivity index (χ3n) is 6.52. The minimum atomic E-state index is -0.991. The Bertz CT molecular complexity index is 1270. The minimum absolute atomic E-state index is 0.0715. The molecule has 0 bridgehead atoms. The highest BCUT2D eigenvalue weighted by Crippen LogP contribution is 2.30. The Morgan fingerprint density at radius 1 is 1.08 bits per heavy atom. The number of fused-ring (bicyclic) bond motifs is 1. The van der Waals surface area contributed by atoms with Gasteiger partial charge in [0.2, 0.25) is 0 Å². The van der Waals surface area contributed by atoms with Crippen LogP contribution in [0.5, 0.6) is 5.75 Å². The lowest BCUT2D eigenvalue weighted by Gasteiger charge is -2.31. The number of anilines is 1. The van der Waals surface area contributed by atoms with E-state index in [1.807, 2.05) is 38.1 Å². The summed E-state index contributed by atoms with van der Waals surface area (Å²) < 4.78 is 6.07. The zero-order chi connectivity index (χ0) is 26.6. The summed E-state index contributed by atoms with van der Waals surface area (Å²) in [6, 6.07) is 11.5. The number of nitrogens with zero attached hydrogens (tertiary/aromatic N) is 2. The van der Waals surface area contributed by atoms with Gasteiger partial charge in [-0.1, -0.05) is 17.9 Å². The first-order valence-corrected chi connectivity index (χ1v) is 12.4. The van der Waals surface area contributed by atoms with Crippen molar-refractivity contribution in [2.24, 2.45) is 0 Å². The summed E-state index contributed by atoms with van der Waals surface area (Å²) in [5, 5.41) is 9.76. The Balaban J connectivity index is 1.48. The second kappa shape index (κ2) is 11.0. The van der Waals surface area contributed by atoms with Crippen molar-refractivity contribution in [1.29, 1.82) is 0 Å². The molecular weight excluding hydrogens is 472 g/mol. The smallest absolute Gasteiger partial charge is 0.262 e. The topological polar surface area (TPSA) is 104 Å². The summed E-state index contributed by atoms with van der Waals surface area (Å²) in [6.07, 6.45) is 2.59. The van der Waals surface area contributed by atoms with Crippen LogP contribution in [0.3, 0.4) is 0 Å². The Kier molecular flexibility index (Phi) is 7.74. The molecule has 8 nitrogen and oxygen atoms in total. The molecule has 0 aliphatic carbocycles. The van der Waals surface area contributed by atoms with Crippen molar-refractivity contribution in [3.63, 3.8) is 0 Å². The highest BCUT2D eigenvalue weighted by molar-refractivity contribution is 6.22. The number of ether oxygens (including phenoxy) is 1. The van der Waals surface area contributed by atoms with Crippen LogP contribution in [0, 0.1) is 11.8 Å². The lowest BCUT2D eigenvalue weighted by molar-refractivity contribution is -0.112. The van der Waals surface area contributed by atoms with Crippen molar-refractivity contribution >= 4 is 30.1 Å². The highest BCUT2D eigenvalue weighted by atomic mass is 16.5. The number of carbonyl (C=O) groups is 4. The third kappa shape index (κ3) is 5.89. The molecule has 0 saturated carbocycles. The van der Waals surface area contributed by atoms with Crippen molar-refractivity contribution in [2.45, 2.75) is 57.3 Å². The molecule has 2 aromatic rings. The lowest BCUT2D eigenvalue weighted by atomic mass is 10.1. The number of amides is 2. The van der Waals surface area contributed by atoms with Gasteiger partial charge >= 0.3 is 0 Å². The third-order valence-corrected chi connectivity index (χ3v) is 6.52. The van der Waals surface area contributed by atoms with E-state index in [9.17, 15) is 24.3 Å². The van der Waals surface area contributed by atoms with Gasteiger partial charge in [-0.25, -0.2) is 0 Å². The van der Waals surface area contributed by atoms with E-state index in [1.54, 1.807) is 6.07 Å². The molecule has 1 fully saturated rings. The lowest BCUT2D eigenvalue weighted by Crippen LogP contribution is -2.40. The molecule has 0 spiro atoms. The molecule has 2 aliphatic heterocycles. The molecule has 1 atom stereocenters. The number of aliphatic hydroxyl groups is 1. The summed E-state index contributed by atoms with van der Waals surface area (Å²) in [5.74, 6) is 5.53. The summed E-state index contributed by atoms with van der Waals surface area (Å²) in [4.78, 5) is 51.0. The van der Waals surface area contributed by atoms with Crippen molar-refractivity contribution in [1.82, 2.24) is 4.90 Å². The molecule has 1 N–H and O–H groups in total. The average molecular weight is 503 g/mol.